The van der Waals surface area contributed by atoms with E-state index in [0.717, 1.165) is 88.2 Å². The van der Waals surface area contributed by atoms with Gasteiger partial charge >= 0.3 is 0 Å². The summed E-state index contributed by atoms with van der Waals surface area (Å²) in [5, 5.41) is 18.7. The van der Waals surface area contributed by atoms with E-state index in [1.807, 2.05) is 0 Å². The van der Waals surface area contributed by atoms with Crippen molar-refractivity contribution >= 4 is 17.4 Å². The van der Waals surface area contributed by atoms with E-state index in [-0.39, 0.29) is 0 Å². The van der Waals surface area contributed by atoms with E-state index < -0.39 is 0 Å². The third-order valence-corrected chi connectivity index (χ3v) is 5.84. The lowest BCUT2D eigenvalue weighted by atomic mass is 10.0. The van der Waals surface area contributed by atoms with Crippen molar-refractivity contribution in [3.8, 4) is 0 Å². The molecule has 0 spiro atoms. The molecule has 1 aliphatic rings. The van der Waals surface area contributed by atoms with E-state index in [1.165, 1.54) is 37.7 Å². The van der Waals surface area contributed by atoms with Gasteiger partial charge in [-0.15, -0.1) is 0 Å². The quantitative estimate of drug-likeness (QED) is 0.136. The maximum Gasteiger partial charge on any atom is 0.128 e. The van der Waals surface area contributed by atoms with Gasteiger partial charge in [-0.2, -0.15) is 0 Å². The van der Waals surface area contributed by atoms with Gasteiger partial charge in [0.1, 0.15) is 5.84 Å². The Morgan fingerprint density at radius 1 is 0.875 bits per heavy atom. The molecule has 2 rings (SSSR count). The van der Waals surface area contributed by atoms with Crippen LogP contribution < -0.4 is 11.1 Å². The van der Waals surface area contributed by atoms with Gasteiger partial charge in [0.05, 0.1) is 12.4 Å². The molecule has 0 bridgehead atoms. The molecule has 5 N–H and O–H groups in total. The molecule has 1 aromatic rings. The largest absolute Gasteiger partial charge is 0.388 e. The normalized spacial score (nSPS) is 13.4. The lowest BCUT2D eigenvalue weighted by Gasteiger charge is -2.14. The van der Waals surface area contributed by atoms with E-state index in [1.54, 1.807) is 0 Å². The van der Waals surface area contributed by atoms with Crippen LogP contribution in [-0.4, -0.2) is 37.1 Å². The maximum absolute atomic E-state index is 8.13. The van der Waals surface area contributed by atoms with Gasteiger partial charge in [0, 0.05) is 37.4 Å². The number of nitrogens with zero attached hydrogens (tertiary/aromatic N) is 1. The molecule has 1 heterocycles. The summed E-state index contributed by atoms with van der Waals surface area (Å²) >= 11 is 0. The van der Waals surface area contributed by atoms with Crippen LogP contribution >= 0.6 is 0 Å². The molecule has 0 fully saturated rings. The predicted molar refractivity (Wildman–Crippen MR) is 135 cm³/mol. The number of amidine groups is 2. The van der Waals surface area contributed by atoms with Gasteiger partial charge in [-0.1, -0.05) is 56.4 Å². The molecule has 0 saturated heterocycles. The average molecular weight is 442 g/mol. The zero-order chi connectivity index (χ0) is 22.9. The molecule has 1 aromatic carbocycles. The predicted octanol–water partition coefficient (Wildman–Crippen LogP) is 5.58. The minimum absolute atomic E-state index is 0.309. The molecular formula is C26H43N5O. The van der Waals surface area contributed by atoms with Gasteiger partial charge in [0.25, 0.3) is 0 Å². The second-order valence-electron chi connectivity index (χ2n) is 8.82. The SMILES string of the molecule is N=C(N)CCCCCCCCCC(=N)CCCCOCc1ccc(C2=NCCCN2)cc1. The molecule has 6 heteroatoms. The molecular weight excluding hydrogens is 398 g/mol. The van der Waals surface area contributed by atoms with Gasteiger partial charge in [0.2, 0.25) is 0 Å². The molecule has 1 aliphatic heterocycles. The van der Waals surface area contributed by atoms with Crippen molar-refractivity contribution in [1.29, 1.82) is 10.8 Å². The highest BCUT2D eigenvalue weighted by atomic mass is 16.5. The number of aliphatic imine (C=N–C) groups is 1. The average Bonchev–Trinajstić information content (AvgIpc) is 2.81. The van der Waals surface area contributed by atoms with Crippen molar-refractivity contribution in [3.63, 3.8) is 0 Å². The van der Waals surface area contributed by atoms with Crippen LogP contribution in [0.5, 0.6) is 0 Å². The van der Waals surface area contributed by atoms with Crippen molar-refractivity contribution < 1.29 is 4.74 Å². The highest BCUT2D eigenvalue weighted by Crippen LogP contribution is 2.12. The Labute approximate surface area is 194 Å². The highest BCUT2D eigenvalue weighted by molar-refractivity contribution is 5.99. The minimum Gasteiger partial charge on any atom is -0.388 e. The summed E-state index contributed by atoms with van der Waals surface area (Å²) < 4.78 is 5.82. The van der Waals surface area contributed by atoms with Gasteiger partial charge in [-0.3, -0.25) is 10.4 Å². The fraction of sp³-hybridized carbons (Fsp3) is 0.654. The van der Waals surface area contributed by atoms with E-state index in [9.17, 15) is 0 Å². The lowest BCUT2D eigenvalue weighted by molar-refractivity contribution is 0.117. The summed E-state index contributed by atoms with van der Waals surface area (Å²) in [5.41, 5.74) is 8.59. The standard InChI is InChI=1S/C26H43N5O/c27-24(11-6-4-2-1-3-5-7-13-25(28)29)12-8-9-20-32-21-22-14-16-23(17-15-22)26-30-18-10-19-31-26/h14-17,27H,1-13,18-21H2,(H3,28,29)(H,30,31). The summed E-state index contributed by atoms with van der Waals surface area (Å²) in [7, 11) is 0. The fourth-order valence-electron chi connectivity index (χ4n) is 3.88. The van der Waals surface area contributed by atoms with E-state index >= 15 is 0 Å². The van der Waals surface area contributed by atoms with E-state index in [4.69, 9.17) is 21.3 Å². The molecule has 0 aromatic heterocycles. The smallest absolute Gasteiger partial charge is 0.128 e. The van der Waals surface area contributed by atoms with Crippen molar-refractivity contribution in [2.75, 3.05) is 19.7 Å². The Morgan fingerprint density at radius 3 is 2.12 bits per heavy atom. The molecule has 0 saturated carbocycles. The number of hydrogen-bond acceptors (Lipinski definition) is 5. The summed E-state index contributed by atoms with van der Waals surface area (Å²) in [6.07, 6.45) is 14.1. The van der Waals surface area contributed by atoms with Crippen molar-refractivity contribution in [3.05, 3.63) is 35.4 Å². The molecule has 0 aliphatic carbocycles. The van der Waals surface area contributed by atoms with Crippen LogP contribution in [0, 0.1) is 10.8 Å². The van der Waals surface area contributed by atoms with Crippen molar-refractivity contribution in [2.24, 2.45) is 10.7 Å². The molecule has 178 valence electrons. The third kappa shape index (κ3) is 12.0. The second kappa shape index (κ2) is 16.4. The molecule has 32 heavy (non-hydrogen) atoms. The number of nitrogens with one attached hydrogen (secondary N) is 3. The monoisotopic (exact) mass is 441 g/mol. The molecule has 0 unspecified atom stereocenters. The summed E-state index contributed by atoms with van der Waals surface area (Å²) in [6.45, 7) is 3.32. The molecule has 0 amide bonds. The Morgan fingerprint density at radius 2 is 1.50 bits per heavy atom. The first-order valence-electron chi connectivity index (χ1n) is 12.5. The zero-order valence-electron chi connectivity index (χ0n) is 19.8. The summed E-state index contributed by atoms with van der Waals surface area (Å²) in [4.78, 5) is 4.53. The van der Waals surface area contributed by atoms with Crippen LogP contribution in [0.25, 0.3) is 0 Å². The van der Waals surface area contributed by atoms with Crippen LogP contribution in [-0.2, 0) is 11.3 Å². The zero-order valence-corrected chi connectivity index (χ0v) is 19.8. The summed E-state index contributed by atoms with van der Waals surface area (Å²) in [6, 6.07) is 8.48. The van der Waals surface area contributed by atoms with Crippen molar-refractivity contribution in [2.45, 2.75) is 90.1 Å². The topological polar surface area (TPSA) is 107 Å². The Balaban J connectivity index is 1.40. The number of rotatable bonds is 18. The van der Waals surface area contributed by atoms with Gasteiger partial charge < -0.3 is 21.2 Å². The Bertz CT molecular complexity index is 699. The number of unbranched alkanes of at least 4 members (excludes halogenated alkanes) is 7. The minimum atomic E-state index is 0.309. The number of benzene rings is 1. The second-order valence-corrected chi connectivity index (χ2v) is 8.82. The first-order valence-corrected chi connectivity index (χ1v) is 12.5. The lowest BCUT2D eigenvalue weighted by Crippen LogP contribution is -2.30. The number of ether oxygens (including phenoxy) is 1. The van der Waals surface area contributed by atoms with E-state index in [2.05, 4.69) is 34.6 Å². The molecule has 0 atom stereocenters. The number of nitrogens with two attached hydrogens (primary N) is 1. The Kier molecular flexibility index (Phi) is 13.4. The molecule has 6 nitrogen and oxygen atoms in total. The molecule has 0 radical (unpaired) electrons. The summed E-state index contributed by atoms with van der Waals surface area (Å²) in [5.74, 6) is 1.32. The van der Waals surface area contributed by atoms with Gasteiger partial charge in [-0.05, 0) is 50.5 Å². The third-order valence-electron chi connectivity index (χ3n) is 5.84. The van der Waals surface area contributed by atoms with Gasteiger partial charge in [-0.25, -0.2) is 0 Å². The highest BCUT2D eigenvalue weighted by Gasteiger charge is 2.06. The first kappa shape index (κ1) is 26.0. The van der Waals surface area contributed by atoms with Crippen LogP contribution in [0.15, 0.2) is 29.3 Å². The van der Waals surface area contributed by atoms with Crippen LogP contribution in [0.1, 0.15) is 94.6 Å². The number of hydrogen-bond donors (Lipinski definition) is 4. The van der Waals surface area contributed by atoms with Crippen LogP contribution in [0.3, 0.4) is 0 Å². The first-order chi connectivity index (χ1) is 15.6. The van der Waals surface area contributed by atoms with Crippen LogP contribution in [0.4, 0.5) is 0 Å². The van der Waals surface area contributed by atoms with Crippen molar-refractivity contribution in [1.82, 2.24) is 5.32 Å². The maximum atomic E-state index is 8.13. The van der Waals surface area contributed by atoms with E-state index in [0.29, 0.717) is 12.4 Å². The fourth-order valence-corrected chi connectivity index (χ4v) is 3.88. The van der Waals surface area contributed by atoms with Crippen LogP contribution in [0.2, 0.25) is 0 Å². The van der Waals surface area contributed by atoms with Gasteiger partial charge in [0.15, 0.2) is 0 Å². The Hall–Kier alpha value is -2.21.